The van der Waals surface area contributed by atoms with Crippen LogP contribution in [0.1, 0.15) is 0 Å². The molecule has 60 valence electrons. The number of hydrogen-bond donors (Lipinski definition) is 1. The van der Waals surface area contributed by atoms with Crippen LogP contribution in [0, 0.1) is 0 Å². The van der Waals surface area contributed by atoms with E-state index in [9.17, 15) is 0 Å². The van der Waals surface area contributed by atoms with E-state index < -0.39 is 0 Å². The molecule has 4 heteroatoms. The van der Waals surface area contributed by atoms with Crippen LogP contribution >= 0.6 is 12.4 Å². The maximum atomic E-state index is 5.41. The lowest BCUT2D eigenvalue weighted by Crippen LogP contribution is -2.47. The van der Waals surface area contributed by atoms with E-state index in [1.807, 2.05) is 0 Å². The highest BCUT2D eigenvalue weighted by Gasteiger charge is 2.30. The molecule has 2 heterocycles. The zero-order valence-corrected chi connectivity index (χ0v) is 6.52. The quantitative estimate of drug-likeness (QED) is 0.539. The average molecular weight is 166 g/mol. The van der Waals surface area contributed by atoms with Crippen LogP contribution in [0.5, 0.6) is 0 Å². The van der Waals surface area contributed by atoms with Gasteiger partial charge in [0.15, 0.2) is 0 Å². The Hall–Kier alpha value is 0.170. The third-order valence-electron chi connectivity index (χ3n) is 1.87. The second-order valence-electron chi connectivity index (χ2n) is 2.51. The SMILES string of the molecule is C1COC2COCC2N1.Cl. The molecule has 0 aliphatic carbocycles. The Morgan fingerprint density at radius 1 is 1.30 bits per heavy atom. The van der Waals surface area contributed by atoms with E-state index in [1.54, 1.807) is 0 Å². The van der Waals surface area contributed by atoms with Crippen LogP contribution in [-0.2, 0) is 9.47 Å². The van der Waals surface area contributed by atoms with Crippen molar-refractivity contribution in [1.29, 1.82) is 0 Å². The topological polar surface area (TPSA) is 30.5 Å². The van der Waals surface area contributed by atoms with Crippen molar-refractivity contribution < 1.29 is 9.47 Å². The zero-order chi connectivity index (χ0) is 6.10. The molecule has 10 heavy (non-hydrogen) atoms. The van der Waals surface area contributed by atoms with Crippen LogP contribution in [0.2, 0.25) is 0 Å². The van der Waals surface area contributed by atoms with Crippen LogP contribution in [0.3, 0.4) is 0 Å². The first kappa shape index (κ1) is 8.27. The molecule has 0 radical (unpaired) electrons. The lowest BCUT2D eigenvalue weighted by atomic mass is 10.2. The molecule has 0 aromatic rings. The summed E-state index contributed by atoms with van der Waals surface area (Å²) in [4.78, 5) is 0. The van der Waals surface area contributed by atoms with Gasteiger partial charge < -0.3 is 14.8 Å². The Bertz CT molecular complexity index is 99.9. The van der Waals surface area contributed by atoms with Crippen molar-refractivity contribution in [2.24, 2.45) is 0 Å². The fraction of sp³-hybridized carbons (Fsp3) is 1.00. The minimum atomic E-state index is 0. The van der Waals surface area contributed by atoms with Crippen molar-refractivity contribution in [3.8, 4) is 0 Å². The van der Waals surface area contributed by atoms with Gasteiger partial charge >= 0.3 is 0 Å². The van der Waals surface area contributed by atoms with Crippen molar-refractivity contribution in [2.45, 2.75) is 12.1 Å². The Morgan fingerprint density at radius 2 is 2.20 bits per heavy atom. The number of morpholine rings is 1. The van der Waals surface area contributed by atoms with Gasteiger partial charge in [-0.2, -0.15) is 0 Å². The average Bonchev–Trinajstić information content (AvgIpc) is 2.33. The van der Waals surface area contributed by atoms with Crippen LogP contribution in [-0.4, -0.2) is 38.5 Å². The number of fused-ring (bicyclic) bond motifs is 1. The highest BCUT2D eigenvalue weighted by atomic mass is 35.5. The van der Waals surface area contributed by atoms with Gasteiger partial charge in [-0.25, -0.2) is 0 Å². The molecule has 0 aromatic heterocycles. The first-order chi connectivity index (χ1) is 4.47. The van der Waals surface area contributed by atoms with Gasteiger partial charge in [-0.1, -0.05) is 0 Å². The summed E-state index contributed by atoms with van der Waals surface area (Å²) >= 11 is 0. The zero-order valence-electron chi connectivity index (χ0n) is 5.71. The minimum Gasteiger partial charge on any atom is -0.377 e. The molecule has 2 atom stereocenters. The number of hydrogen-bond acceptors (Lipinski definition) is 3. The standard InChI is InChI=1S/C6H11NO2.ClH/c1-2-9-6-4-8-3-5(6)7-1;/h5-7H,1-4H2;1H. The molecule has 3 nitrogen and oxygen atoms in total. The van der Waals surface area contributed by atoms with Crippen molar-refractivity contribution in [1.82, 2.24) is 5.32 Å². The second-order valence-corrected chi connectivity index (χ2v) is 2.51. The van der Waals surface area contributed by atoms with Crippen LogP contribution in [0.4, 0.5) is 0 Å². The number of halogens is 1. The molecule has 2 fully saturated rings. The van der Waals surface area contributed by atoms with Crippen molar-refractivity contribution in [3.63, 3.8) is 0 Å². The molecule has 2 unspecified atom stereocenters. The summed E-state index contributed by atoms with van der Waals surface area (Å²) in [5, 5.41) is 3.33. The smallest absolute Gasteiger partial charge is 0.0984 e. The third-order valence-corrected chi connectivity index (χ3v) is 1.87. The summed E-state index contributed by atoms with van der Waals surface area (Å²) in [5.41, 5.74) is 0. The first-order valence-electron chi connectivity index (χ1n) is 3.39. The summed E-state index contributed by atoms with van der Waals surface area (Å²) in [6.07, 6.45) is 0.332. The maximum Gasteiger partial charge on any atom is 0.0984 e. The largest absolute Gasteiger partial charge is 0.377 e. The lowest BCUT2D eigenvalue weighted by Gasteiger charge is -2.24. The minimum absolute atomic E-state index is 0. The third kappa shape index (κ3) is 1.42. The van der Waals surface area contributed by atoms with E-state index >= 15 is 0 Å². The highest BCUT2D eigenvalue weighted by molar-refractivity contribution is 5.85. The highest BCUT2D eigenvalue weighted by Crippen LogP contribution is 2.11. The van der Waals surface area contributed by atoms with E-state index in [-0.39, 0.29) is 12.4 Å². The van der Waals surface area contributed by atoms with Crippen molar-refractivity contribution in [3.05, 3.63) is 0 Å². The van der Waals surface area contributed by atoms with Gasteiger partial charge in [0.25, 0.3) is 0 Å². The molecule has 1 N–H and O–H groups in total. The molecule has 0 spiro atoms. The molecule has 2 saturated heterocycles. The van der Waals surface area contributed by atoms with Gasteiger partial charge in [0, 0.05) is 6.54 Å². The van der Waals surface area contributed by atoms with E-state index in [2.05, 4.69) is 5.32 Å². The summed E-state index contributed by atoms with van der Waals surface area (Å²) in [7, 11) is 0. The van der Waals surface area contributed by atoms with Crippen LogP contribution in [0.15, 0.2) is 0 Å². The van der Waals surface area contributed by atoms with Gasteiger partial charge in [0.05, 0.1) is 32.0 Å². The molecular formula is C6H12ClNO2. The van der Waals surface area contributed by atoms with Gasteiger partial charge in [-0.05, 0) is 0 Å². The van der Waals surface area contributed by atoms with E-state index in [1.165, 1.54) is 0 Å². The van der Waals surface area contributed by atoms with Gasteiger partial charge in [-0.3, -0.25) is 0 Å². The van der Waals surface area contributed by atoms with Crippen LogP contribution in [0.25, 0.3) is 0 Å². The van der Waals surface area contributed by atoms with E-state index in [0.717, 1.165) is 26.4 Å². The Balaban J connectivity index is 0.000000500. The predicted octanol–water partition coefficient (Wildman–Crippen LogP) is -0.205. The molecule has 0 saturated carbocycles. The summed E-state index contributed by atoms with van der Waals surface area (Å²) in [6.45, 7) is 3.41. The number of ether oxygens (including phenoxy) is 2. The maximum absolute atomic E-state index is 5.41. The van der Waals surface area contributed by atoms with Crippen LogP contribution < -0.4 is 5.32 Å². The number of nitrogens with one attached hydrogen (secondary N) is 1. The van der Waals surface area contributed by atoms with Crippen molar-refractivity contribution in [2.75, 3.05) is 26.4 Å². The monoisotopic (exact) mass is 165 g/mol. The Morgan fingerprint density at radius 3 is 3.00 bits per heavy atom. The number of rotatable bonds is 0. The van der Waals surface area contributed by atoms with Gasteiger partial charge in [0.1, 0.15) is 0 Å². The first-order valence-corrected chi connectivity index (χ1v) is 3.39. The van der Waals surface area contributed by atoms with Crippen molar-refractivity contribution >= 4 is 12.4 Å². The lowest BCUT2D eigenvalue weighted by molar-refractivity contribution is 0.0115. The fourth-order valence-corrected chi connectivity index (χ4v) is 1.34. The summed E-state index contributed by atoms with van der Waals surface area (Å²) in [6, 6.07) is 0.471. The van der Waals surface area contributed by atoms with Gasteiger partial charge in [0.2, 0.25) is 0 Å². The summed E-state index contributed by atoms with van der Waals surface area (Å²) < 4.78 is 10.6. The Kier molecular flexibility index (Phi) is 2.92. The fourth-order valence-electron chi connectivity index (χ4n) is 1.34. The molecule has 2 rings (SSSR count). The van der Waals surface area contributed by atoms with Gasteiger partial charge in [-0.15, -0.1) is 12.4 Å². The molecule has 0 amide bonds. The predicted molar refractivity (Wildman–Crippen MR) is 39.6 cm³/mol. The van der Waals surface area contributed by atoms with E-state index in [4.69, 9.17) is 9.47 Å². The molecule has 0 bridgehead atoms. The normalized spacial score (nSPS) is 38.4. The molecule has 0 aromatic carbocycles. The summed E-state index contributed by atoms with van der Waals surface area (Å²) in [5.74, 6) is 0. The second kappa shape index (κ2) is 3.53. The molecule has 2 aliphatic rings. The van der Waals surface area contributed by atoms with E-state index in [0.29, 0.717) is 12.1 Å². The molecule has 2 aliphatic heterocycles. The molecular weight excluding hydrogens is 154 g/mol. The Labute approximate surface area is 66.5 Å².